The van der Waals surface area contributed by atoms with Crippen LogP contribution in [-0.2, 0) is 4.79 Å². The number of thioether (sulfide) groups is 1. The number of carbonyl (C=O) groups is 1. The molecule has 0 saturated carbocycles. The van der Waals surface area contributed by atoms with Crippen molar-refractivity contribution in [2.24, 2.45) is 5.92 Å². The summed E-state index contributed by atoms with van der Waals surface area (Å²) in [5.41, 5.74) is -0.352. The van der Waals surface area contributed by atoms with Crippen LogP contribution in [0.1, 0.15) is 13.8 Å². The summed E-state index contributed by atoms with van der Waals surface area (Å²) < 4.78 is 0. The molecule has 0 aliphatic rings. The van der Waals surface area contributed by atoms with E-state index in [0.717, 1.165) is 11.8 Å². The Bertz CT molecular complexity index is 402. The number of carboxylic acid groups (broad SMARTS) is 1. The molecule has 0 saturated heterocycles. The van der Waals surface area contributed by atoms with E-state index in [-0.39, 0.29) is 16.5 Å². The Balaban J connectivity index is 2.89. The van der Waals surface area contributed by atoms with Crippen LogP contribution in [0.25, 0.3) is 0 Å². The van der Waals surface area contributed by atoms with Crippen LogP contribution in [0, 0.1) is 5.92 Å². The van der Waals surface area contributed by atoms with Gasteiger partial charge in [-0.2, -0.15) is 0 Å². The molecule has 1 rings (SSSR count). The van der Waals surface area contributed by atoms with Crippen LogP contribution in [-0.4, -0.2) is 26.3 Å². The van der Waals surface area contributed by atoms with E-state index in [1.54, 1.807) is 13.8 Å². The van der Waals surface area contributed by atoms with Gasteiger partial charge in [-0.25, -0.2) is 4.98 Å². The quantitative estimate of drug-likeness (QED) is 0.750. The first-order chi connectivity index (χ1) is 7.02. The van der Waals surface area contributed by atoms with Crippen molar-refractivity contribution in [1.29, 1.82) is 0 Å². The highest BCUT2D eigenvalue weighted by molar-refractivity contribution is 8.00. The minimum atomic E-state index is -0.931. The predicted molar refractivity (Wildman–Crippen MR) is 57.0 cm³/mol. The van der Waals surface area contributed by atoms with E-state index in [4.69, 9.17) is 5.11 Å². The number of aromatic nitrogens is 2. The Hall–Kier alpha value is -1.30. The third-order valence-corrected chi connectivity index (χ3v) is 3.28. The summed E-state index contributed by atoms with van der Waals surface area (Å²) in [5.74, 6) is -0.992. The van der Waals surface area contributed by atoms with Gasteiger partial charge in [0.05, 0.1) is 0 Å². The Morgan fingerprint density at radius 2 is 2.27 bits per heavy atom. The Labute approximate surface area is 90.9 Å². The van der Waals surface area contributed by atoms with Crippen molar-refractivity contribution in [3.63, 3.8) is 0 Å². The lowest BCUT2D eigenvalue weighted by Crippen LogP contribution is -2.24. The lowest BCUT2D eigenvalue weighted by atomic mass is 10.1. The van der Waals surface area contributed by atoms with Crippen LogP contribution in [0.5, 0.6) is 0 Å². The van der Waals surface area contributed by atoms with Gasteiger partial charge in [-0.05, 0) is 5.92 Å². The van der Waals surface area contributed by atoms with E-state index >= 15 is 0 Å². The molecule has 0 amide bonds. The van der Waals surface area contributed by atoms with Crippen molar-refractivity contribution in [3.8, 4) is 0 Å². The second-order valence-corrected chi connectivity index (χ2v) is 4.47. The molecule has 5 nitrogen and oxygen atoms in total. The zero-order valence-electron chi connectivity index (χ0n) is 8.43. The molecule has 15 heavy (non-hydrogen) atoms. The molecule has 6 heteroatoms. The number of rotatable bonds is 4. The van der Waals surface area contributed by atoms with Gasteiger partial charge in [0.15, 0.2) is 5.03 Å². The first-order valence-electron chi connectivity index (χ1n) is 4.45. The topological polar surface area (TPSA) is 83.0 Å². The van der Waals surface area contributed by atoms with E-state index in [1.807, 2.05) is 0 Å². The van der Waals surface area contributed by atoms with Crippen molar-refractivity contribution < 1.29 is 9.90 Å². The number of carboxylic acids is 1. The number of aliphatic carboxylic acids is 1. The van der Waals surface area contributed by atoms with Gasteiger partial charge in [0, 0.05) is 12.4 Å². The summed E-state index contributed by atoms with van der Waals surface area (Å²) in [6, 6.07) is 0. The molecule has 0 aliphatic carbocycles. The number of hydrogen-bond donors (Lipinski definition) is 2. The lowest BCUT2D eigenvalue weighted by Gasteiger charge is -2.13. The maximum atomic E-state index is 11.3. The molecule has 0 spiro atoms. The number of aromatic amines is 1. The van der Waals surface area contributed by atoms with Crippen molar-refractivity contribution in [1.82, 2.24) is 9.97 Å². The van der Waals surface area contributed by atoms with Crippen molar-refractivity contribution >= 4 is 17.7 Å². The smallest absolute Gasteiger partial charge is 0.317 e. The van der Waals surface area contributed by atoms with Crippen LogP contribution < -0.4 is 5.56 Å². The fourth-order valence-electron chi connectivity index (χ4n) is 1.01. The summed E-state index contributed by atoms with van der Waals surface area (Å²) >= 11 is 0.977. The van der Waals surface area contributed by atoms with Gasteiger partial charge in [0.1, 0.15) is 5.25 Å². The Morgan fingerprint density at radius 3 is 2.73 bits per heavy atom. The highest BCUT2D eigenvalue weighted by Crippen LogP contribution is 2.24. The van der Waals surface area contributed by atoms with Gasteiger partial charge in [-0.1, -0.05) is 25.6 Å². The minimum absolute atomic E-state index is 0.0612. The predicted octanol–water partition coefficient (Wildman–Crippen LogP) is 0.971. The first kappa shape index (κ1) is 11.8. The van der Waals surface area contributed by atoms with Crippen LogP contribution in [0.2, 0.25) is 0 Å². The number of nitrogens with zero attached hydrogens (tertiary/aromatic N) is 1. The van der Waals surface area contributed by atoms with E-state index in [2.05, 4.69) is 9.97 Å². The Kier molecular flexibility index (Phi) is 3.90. The molecule has 1 aromatic rings. The SMILES string of the molecule is CC(C)C(Sc1ncc[nH]c1=O)C(=O)O. The molecule has 1 atom stereocenters. The molecular weight excluding hydrogens is 216 g/mol. The molecule has 1 unspecified atom stereocenters. The standard InChI is InChI=1S/C9H12N2O3S/c1-5(2)6(9(13)14)15-8-7(12)10-3-4-11-8/h3-6H,1-2H3,(H,10,12)(H,13,14). The van der Waals surface area contributed by atoms with Crippen molar-refractivity contribution in [2.75, 3.05) is 0 Å². The summed E-state index contributed by atoms with van der Waals surface area (Å²) in [6.07, 6.45) is 2.85. The fraction of sp³-hybridized carbons (Fsp3) is 0.444. The van der Waals surface area contributed by atoms with E-state index in [9.17, 15) is 9.59 Å². The molecule has 0 aliphatic heterocycles. The van der Waals surface area contributed by atoms with Crippen molar-refractivity contribution in [3.05, 3.63) is 22.7 Å². The fourth-order valence-corrected chi connectivity index (χ4v) is 1.92. The van der Waals surface area contributed by atoms with Gasteiger partial charge < -0.3 is 10.1 Å². The van der Waals surface area contributed by atoms with E-state index < -0.39 is 11.2 Å². The summed E-state index contributed by atoms with van der Waals surface area (Å²) in [4.78, 5) is 28.5. The van der Waals surface area contributed by atoms with Crippen LogP contribution in [0.15, 0.2) is 22.2 Å². The average molecular weight is 228 g/mol. The van der Waals surface area contributed by atoms with Gasteiger partial charge in [-0.3, -0.25) is 9.59 Å². The zero-order valence-corrected chi connectivity index (χ0v) is 9.25. The average Bonchev–Trinajstić information content (AvgIpc) is 2.15. The van der Waals surface area contributed by atoms with Crippen LogP contribution in [0.3, 0.4) is 0 Å². The molecule has 0 bridgehead atoms. The molecule has 2 N–H and O–H groups in total. The van der Waals surface area contributed by atoms with Crippen molar-refractivity contribution in [2.45, 2.75) is 24.1 Å². The van der Waals surface area contributed by atoms with E-state index in [1.165, 1.54) is 12.4 Å². The number of nitrogens with one attached hydrogen (secondary N) is 1. The first-order valence-corrected chi connectivity index (χ1v) is 5.33. The molecule has 0 radical (unpaired) electrons. The molecule has 0 fully saturated rings. The van der Waals surface area contributed by atoms with Gasteiger partial charge in [-0.15, -0.1) is 0 Å². The van der Waals surface area contributed by atoms with E-state index in [0.29, 0.717) is 0 Å². The Morgan fingerprint density at radius 1 is 1.60 bits per heavy atom. The summed E-state index contributed by atoms with van der Waals surface area (Å²) in [6.45, 7) is 3.59. The normalized spacial score (nSPS) is 12.7. The zero-order chi connectivity index (χ0) is 11.4. The third kappa shape index (κ3) is 3.09. The number of H-pyrrole nitrogens is 1. The monoisotopic (exact) mass is 228 g/mol. The largest absolute Gasteiger partial charge is 0.480 e. The highest BCUT2D eigenvalue weighted by atomic mass is 32.2. The lowest BCUT2D eigenvalue weighted by molar-refractivity contribution is -0.137. The second kappa shape index (κ2) is 4.97. The summed E-state index contributed by atoms with van der Waals surface area (Å²) in [5, 5.41) is 8.48. The minimum Gasteiger partial charge on any atom is -0.480 e. The number of hydrogen-bond acceptors (Lipinski definition) is 4. The maximum absolute atomic E-state index is 11.3. The molecule has 82 valence electrons. The highest BCUT2D eigenvalue weighted by Gasteiger charge is 2.24. The molecule has 0 aromatic carbocycles. The van der Waals surface area contributed by atoms with Crippen LogP contribution in [0.4, 0.5) is 0 Å². The summed E-state index contributed by atoms with van der Waals surface area (Å²) in [7, 11) is 0. The van der Waals surface area contributed by atoms with Gasteiger partial charge in [0.25, 0.3) is 5.56 Å². The molecular formula is C9H12N2O3S. The third-order valence-electron chi connectivity index (χ3n) is 1.76. The van der Waals surface area contributed by atoms with Crippen LogP contribution >= 0.6 is 11.8 Å². The molecule has 1 aromatic heterocycles. The van der Waals surface area contributed by atoms with Gasteiger partial charge >= 0.3 is 5.97 Å². The van der Waals surface area contributed by atoms with Gasteiger partial charge in [0.2, 0.25) is 0 Å². The molecule has 1 heterocycles. The second-order valence-electron chi connectivity index (χ2n) is 3.34. The maximum Gasteiger partial charge on any atom is 0.317 e.